The van der Waals surface area contributed by atoms with E-state index < -0.39 is 5.54 Å². The van der Waals surface area contributed by atoms with Gasteiger partial charge >= 0.3 is 0 Å². The molecule has 31 heavy (non-hydrogen) atoms. The standard InChI is InChI=1S/C25H29Cl2N3O/c26-21-11-10-18(16-22(21)27)20-8-4-5-9-23(20)29-14-12-25(13-15-29)24(31)28-17-30(25)19-6-2-1-3-7-19/h1-3,6-7,10-11,16,20,23H,4-5,8-9,12-15,17H2,(H,28,31)/t20-,23-/m0/s1. The van der Waals surface area contributed by atoms with Gasteiger partial charge in [0.25, 0.3) is 0 Å². The second-order valence-corrected chi connectivity index (χ2v) is 9.94. The molecule has 0 unspecified atom stereocenters. The lowest BCUT2D eigenvalue weighted by atomic mass is 9.77. The average Bonchev–Trinajstić information content (AvgIpc) is 3.12. The van der Waals surface area contributed by atoms with Crippen molar-refractivity contribution in [3.8, 4) is 0 Å². The Morgan fingerprint density at radius 3 is 2.42 bits per heavy atom. The lowest BCUT2D eigenvalue weighted by Gasteiger charge is -2.48. The van der Waals surface area contributed by atoms with Gasteiger partial charge in [0, 0.05) is 24.8 Å². The predicted octanol–water partition coefficient (Wildman–Crippen LogP) is 5.45. The lowest BCUT2D eigenvalue weighted by molar-refractivity contribution is -0.125. The van der Waals surface area contributed by atoms with Crippen molar-refractivity contribution in [3.05, 3.63) is 64.1 Å². The molecule has 2 aromatic carbocycles. The van der Waals surface area contributed by atoms with Crippen molar-refractivity contribution >= 4 is 34.8 Å². The van der Waals surface area contributed by atoms with E-state index in [1.54, 1.807) is 0 Å². The first-order chi connectivity index (χ1) is 15.1. The number of anilines is 1. The number of hydrogen-bond donors (Lipinski definition) is 1. The molecule has 5 rings (SSSR count). The van der Waals surface area contributed by atoms with Crippen LogP contribution in [-0.2, 0) is 4.79 Å². The van der Waals surface area contributed by atoms with Gasteiger partial charge in [0.2, 0.25) is 5.91 Å². The summed E-state index contributed by atoms with van der Waals surface area (Å²) in [5, 5.41) is 4.37. The monoisotopic (exact) mass is 457 g/mol. The third-order valence-electron chi connectivity index (χ3n) is 7.60. The number of nitrogens with zero attached hydrogens (tertiary/aromatic N) is 2. The molecule has 6 heteroatoms. The second kappa shape index (κ2) is 8.65. The van der Waals surface area contributed by atoms with Gasteiger partial charge in [-0.25, -0.2) is 0 Å². The number of para-hydroxylation sites is 1. The number of amides is 1. The number of rotatable bonds is 3. The molecule has 0 radical (unpaired) electrons. The van der Waals surface area contributed by atoms with E-state index in [9.17, 15) is 4.79 Å². The van der Waals surface area contributed by atoms with Crippen LogP contribution >= 0.6 is 23.2 Å². The zero-order chi connectivity index (χ0) is 21.4. The predicted molar refractivity (Wildman–Crippen MR) is 127 cm³/mol. The topological polar surface area (TPSA) is 35.6 Å². The van der Waals surface area contributed by atoms with Gasteiger partial charge in [-0.15, -0.1) is 0 Å². The Morgan fingerprint density at radius 2 is 1.68 bits per heavy atom. The molecule has 4 nitrogen and oxygen atoms in total. The molecule has 2 saturated heterocycles. The van der Waals surface area contributed by atoms with Crippen LogP contribution in [0.5, 0.6) is 0 Å². The molecule has 1 aliphatic carbocycles. The molecule has 164 valence electrons. The zero-order valence-electron chi connectivity index (χ0n) is 17.7. The summed E-state index contributed by atoms with van der Waals surface area (Å²) in [4.78, 5) is 17.9. The molecule has 0 aromatic heterocycles. The van der Waals surface area contributed by atoms with Crippen LogP contribution in [0.15, 0.2) is 48.5 Å². The number of nitrogens with one attached hydrogen (secondary N) is 1. The normalized spacial score (nSPS) is 26.3. The summed E-state index contributed by atoms with van der Waals surface area (Å²) in [5.41, 5.74) is 2.00. The molecule has 0 bridgehead atoms. The molecule has 3 fully saturated rings. The van der Waals surface area contributed by atoms with E-state index in [1.807, 2.05) is 24.3 Å². The van der Waals surface area contributed by atoms with Crippen molar-refractivity contribution in [3.63, 3.8) is 0 Å². The van der Waals surface area contributed by atoms with Gasteiger partial charge in [-0.2, -0.15) is 0 Å². The first-order valence-electron chi connectivity index (χ1n) is 11.4. The fourth-order valence-electron chi connectivity index (χ4n) is 5.94. The number of likely N-dealkylation sites (tertiary alicyclic amines) is 1. The Bertz CT molecular complexity index is 943. The van der Waals surface area contributed by atoms with Crippen LogP contribution in [0.1, 0.15) is 50.0 Å². The van der Waals surface area contributed by atoms with Crippen molar-refractivity contribution in [2.24, 2.45) is 0 Å². The van der Waals surface area contributed by atoms with Crippen LogP contribution in [0, 0.1) is 0 Å². The SMILES string of the molecule is O=C1NCN(c2ccccc2)C12CCN([C@H]1CCCC[C@H]1c1ccc(Cl)c(Cl)c1)CC2. The number of hydrogen-bond acceptors (Lipinski definition) is 3. The summed E-state index contributed by atoms with van der Waals surface area (Å²) >= 11 is 12.5. The minimum absolute atomic E-state index is 0.181. The average molecular weight is 458 g/mol. The van der Waals surface area contributed by atoms with Gasteiger partial charge in [0.05, 0.1) is 16.7 Å². The maximum atomic E-state index is 13.0. The van der Waals surface area contributed by atoms with Gasteiger partial charge in [-0.05, 0) is 61.4 Å². The summed E-state index contributed by atoms with van der Waals surface area (Å²) in [7, 11) is 0. The van der Waals surface area contributed by atoms with Crippen LogP contribution < -0.4 is 10.2 Å². The molecule has 1 saturated carbocycles. The van der Waals surface area contributed by atoms with Crippen molar-refractivity contribution < 1.29 is 4.79 Å². The van der Waals surface area contributed by atoms with Gasteiger partial charge in [-0.1, -0.05) is 60.3 Å². The fourth-order valence-corrected chi connectivity index (χ4v) is 6.24. The third-order valence-corrected chi connectivity index (χ3v) is 8.34. The van der Waals surface area contributed by atoms with Crippen LogP contribution in [-0.4, -0.2) is 42.1 Å². The van der Waals surface area contributed by atoms with E-state index in [1.165, 1.54) is 31.2 Å². The quantitative estimate of drug-likeness (QED) is 0.665. The summed E-state index contributed by atoms with van der Waals surface area (Å²) in [5.74, 6) is 0.654. The summed E-state index contributed by atoms with van der Waals surface area (Å²) in [6.07, 6.45) is 6.62. The van der Waals surface area contributed by atoms with Crippen LogP contribution in [0.3, 0.4) is 0 Å². The first-order valence-corrected chi connectivity index (χ1v) is 12.1. The van der Waals surface area contributed by atoms with E-state index in [0.717, 1.165) is 31.6 Å². The molecular formula is C25H29Cl2N3O. The summed E-state index contributed by atoms with van der Waals surface area (Å²) in [6, 6.07) is 17.0. The molecule has 1 amide bonds. The zero-order valence-corrected chi connectivity index (χ0v) is 19.2. The van der Waals surface area contributed by atoms with Crippen molar-refractivity contribution in [2.75, 3.05) is 24.7 Å². The van der Waals surface area contributed by atoms with E-state index >= 15 is 0 Å². The lowest BCUT2D eigenvalue weighted by Crippen LogP contribution is -2.58. The smallest absolute Gasteiger partial charge is 0.247 e. The third kappa shape index (κ3) is 3.83. The van der Waals surface area contributed by atoms with E-state index in [4.69, 9.17) is 23.2 Å². The molecule has 1 N–H and O–H groups in total. The minimum atomic E-state index is -0.425. The van der Waals surface area contributed by atoms with Crippen molar-refractivity contribution in [1.29, 1.82) is 0 Å². The highest BCUT2D eigenvalue weighted by Crippen LogP contribution is 2.42. The van der Waals surface area contributed by atoms with Gasteiger partial charge in [0.1, 0.15) is 5.54 Å². The number of benzene rings is 2. The molecule has 2 heterocycles. The number of piperidine rings is 1. The molecule has 2 atom stereocenters. The Kier molecular flexibility index (Phi) is 5.89. The van der Waals surface area contributed by atoms with E-state index in [-0.39, 0.29) is 5.91 Å². The van der Waals surface area contributed by atoms with Gasteiger partial charge in [-0.3, -0.25) is 9.69 Å². The van der Waals surface area contributed by atoms with Crippen molar-refractivity contribution in [1.82, 2.24) is 10.2 Å². The van der Waals surface area contributed by atoms with Crippen LogP contribution in [0.4, 0.5) is 5.69 Å². The Hall–Kier alpha value is -1.75. The highest BCUT2D eigenvalue weighted by atomic mass is 35.5. The Morgan fingerprint density at radius 1 is 0.935 bits per heavy atom. The maximum Gasteiger partial charge on any atom is 0.247 e. The van der Waals surface area contributed by atoms with E-state index in [0.29, 0.717) is 28.7 Å². The highest BCUT2D eigenvalue weighted by molar-refractivity contribution is 6.42. The van der Waals surface area contributed by atoms with Gasteiger partial charge in [0.15, 0.2) is 0 Å². The van der Waals surface area contributed by atoms with Crippen LogP contribution in [0.2, 0.25) is 10.0 Å². The molecule has 2 aromatic rings. The largest absolute Gasteiger partial charge is 0.339 e. The molecule has 1 spiro atoms. The minimum Gasteiger partial charge on any atom is -0.339 e. The Balaban J connectivity index is 1.35. The molecule has 2 aliphatic heterocycles. The van der Waals surface area contributed by atoms with E-state index in [2.05, 4.69) is 39.4 Å². The molecule has 3 aliphatic rings. The number of carbonyl (C=O) groups is 1. The summed E-state index contributed by atoms with van der Waals surface area (Å²) < 4.78 is 0. The Labute approximate surface area is 194 Å². The van der Waals surface area contributed by atoms with Gasteiger partial charge < -0.3 is 10.2 Å². The first kappa shape index (κ1) is 21.1. The summed E-state index contributed by atoms with van der Waals surface area (Å²) in [6.45, 7) is 2.48. The second-order valence-electron chi connectivity index (χ2n) is 9.13. The van der Waals surface area contributed by atoms with Crippen LogP contribution in [0.25, 0.3) is 0 Å². The fraction of sp³-hybridized carbons (Fsp3) is 0.480. The number of halogens is 2. The maximum absolute atomic E-state index is 13.0. The van der Waals surface area contributed by atoms with Crippen molar-refractivity contribution in [2.45, 2.75) is 56.0 Å². The molecular weight excluding hydrogens is 429 g/mol. The number of carbonyl (C=O) groups excluding carboxylic acids is 1. The highest BCUT2D eigenvalue weighted by Gasteiger charge is 2.51.